The summed E-state index contributed by atoms with van der Waals surface area (Å²) in [6, 6.07) is 6.75. The number of amides is 1. The number of carbonyl (C=O) groups excluding carboxylic acids is 1. The third-order valence-corrected chi connectivity index (χ3v) is 5.78. The van der Waals surface area contributed by atoms with E-state index in [1.165, 1.54) is 25.4 Å². The van der Waals surface area contributed by atoms with Crippen molar-refractivity contribution in [1.82, 2.24) is 20.3 Å². The van der Waals surface area contributed by atoms with E-state index in [1.807, 2.05) is 11.0 Å². The van der Waals surface area contributed by atoms with Gasteiger partial charge >= 0.3 is 0 Å². The van der Waals surface area contributed by atoms with E-state index in [4.69, 9.17) is 4.74 Å². The highest BCUT2D eigenvalue weighted by Gasteiger charge is 2.26. The van der Waals surface area contributed by atoms with E-state index in [0.29, 0.717) is 35.9 Å². The molecule has 2 aromatic heterocycles. The van der Waals surface area contributed by atoms with Gasteiger partial charge in [0.1, 0.15) is 17.7 Å². The molecule has 2 N–H and O–H groups in total. The van der Waals surface area contributed by atoms with Crippen molar-refractivity contribution in [2.45, 2.75) is 32.9 Å². The molecule has 2 atom stereocenters. The summed E-state index contributed by atoms with van der Waals surface area (Å²) in [7, 11) is 1.43. The minimum absolute atomic E-state index is 0.0887. The molecule has 3 heterocycles. The molecule has 180 valence electrons. The van der Waals surface area contributed by atoms with Crippen molar-refractivity contribution in [3.8, 4) is 23.1 Å². The number of benzene rings is 1. The summed E-state index contributed by atoms with van der Waals surface area (Å²) in [6.07, 6.45) is 4.38. The van der Waals surface area contributed by atoms with Crippen molar-refractivity contribution in [2.75, 3.05) is 30.4 Å². The smallest absolute Gasteiger partial charge is 0.258 e. The summed E-state index contributed by atoms with van der Waals surface area (Å²) >= 11 is 0. The molecular formula is C25H26FN7O2. The van der Waals surface area contributed by atoms with Crippen LogP contribution in [0, 0.1) is 24.1 Å². The van der Waals surface area contributed by atoms with Crippen LogP contribution in [0.3, 0.4) is 0 Å². The van der Waals surface area contributed by atoms with Crippen molar-refractivity contribution in [2.24, 2.45) is 0 Å². The summed E-state index contributed by atoms with van der Waals surface area (Å²) in [4.78, 5) is 27.7. The normalized spacial score (nSPS) is 17.5. The van der Waals surface area contributed by atoms with Gasteiger partial charge in [-0.1, -0.05) is 0 Å². The van der Waals surface area contributed by atoms with Gasteiger partial charge in [-0.2, -0.15) is 5.26 Å². The Balaban J connectivity index is 1.78. The number of aromatic nitrogens is 3. The summed E-state index contributed by atoms with van der Waals surface area (Å²) in [6.45, 7) is 7.12. The first-order valence-electron chi connectivity index (χ1n) is 11.2. The van der Waals surface area contributed by atoms with Crippen molar-refractivity contribution >= 4 is 17.3 Å². The Morgan fingerprint density at radius 3 is 2.49 bits per heavy atom. The first-order chi connectivity index (χ1) is 16.8. The fourth-order valence-corrected chi connectivity index (χ4v) is 4.21. The molecule has 1 aliphatic heterocycles. The quantitative estimate of drug-likeness (QED) is 0.578. The van der Waals surface area contributed by atoms with E-state index in [9.17, 15) is 10.1 Å². The second-order valence-corrected chi connectivity index (χ2v) is 8.58. The highest BCUT2D eigenvalue weighted by Crippen LogP contribution is 2.35. The minimum atomic E-state index is -0.535. The van der Waals surface area contributed by atoms with Gasteiger partial charge in [0.25, 0.3) is 5.91 Å². The molecule has 0 bridgehead atoms. The Kier molecular flexibility index (Phi) is 6.89. The number of hydrogen-bond acceptors (Lipinski definition) is 8. The summed E-state index contributed by atoms with van der Waals surface area (Å²) < 4.78 is 20.4. The molecule has 0 aliphatic carbocycles. The number of rotatable bonds is 5. The number of piperazine rings is 1. The number of hydrogen-bond donors (Lipinski definition) is 2. The molecule has 1 saturated heterocycles. The van der Waals surface area contributed by atoms with E-state index in [-0.39, 0.29) is 34.7 Å². The molecule has 1 fully saturated rings. The maximum absolute atomic E-state index is 15.4. The second kappa shape index (κ2) is 10.0. The number of ether oxygens (including phenoxy) is 1. The fraction of sp³-hybridized carbons (Fsp3) is 0.320. The minimum Gasteiger partial charge on any atom is -0.481 e. The molecule has 35 heavy (non-hydrogen) atoms. The molecular weight excluding hydrogens is 449 g/mol. The van der Waals surface area contributed by atoms with Gasteiger partial charge < -0.3 is 20.3 Å². The average Bonchev–Trinajstić information content (AvgIpc) is 2.84. The molecule has 1 aromatic carbocycles. The molecule has 0 radical (unpaired) electrons. The lowest BCUT2D eigenvalue weighted by atomic mass is 10.0. The first kappa shape index (κ1) is 24.0. The zero-order valence-corrected chi connectivity index (χ0v) is 20.0. The van der Waals surface area contributed by atoms with Crippen LogP contribution in [-0.2, 0) is 0 Å². The zero-order chi connectivity index (χ0) is 25.1. The Labute approximate surface area is 203 Å². The highest BCUT2D eigenvalue weighted by molar-refractivity contribution is 6.07. The molecule has 3 aromatic rings. The number of pyridine rings is 1. The molecule has 1 aliphatic rings. The number of nitrogens with one attached hydrogen (secondary N) is 2. The summed E-state index contributed by atoms with van der Waals surface area (Å²) in [5.74, 6) is -0.190. The van der Waals surface area contributed by atoms with Crippen molar-refractivity contribution in [3.63, 3.8) is 0 Å². The lowest BCUT2D eigenvalue weighted by Crippen LogP contribution is -2.54. The predicted molar refractivity (Wildman–Crippen MR) is 130 cm³/mol. The number of halogens is 1. The average molecular weight is 476 g/mol. The summed E-state index contributed by atoms with van der Waals surface area (Å²) in [5, 5.41) is 15.9. The van der Waals surface area contributed by atoms with E-state index in [1.54, 1.807) is 25.4 Å². The van der Waals surface area contributed by atoms with Gasteiger partial charge in [-0.15, -0.1) is 0 Å². The van der Waals surface area contributed by atoms with E-state index < -0.39 is 11.7 Å². The van der Waals surface area contributed by atoms with Crippen LogP contribution >= 0.6 is 0 Å². The number of aryl methyl sites for hydroxylation is 1. The van der Waals surface area contributed by atoms with Crippen LogP contribution in [0.15, 0.2) is 36.8 Å². The van der Waals surface area contributed by atoms with Crippen LogP contribution in [0.2, 0.25) is 0 Å². The Bertz CT molecular complexity index is 1280. The molecule has 0 unspecified atom stereocenters. The maximum Gasteiger partial charge on any atom is 0.258 e. The van der Waals surface area contributed by atoms with Gasteiger partial charge in [0.05, 0.1) is 29.6 Å². The Hall–Kier alpha value is -4.10. The van der Waals surface area contributed by atoms with E-state index in [0.717, 1.165) is 0 Å². The number of nitrogens with zero attached hydrogens (tertiary/aromatic N) is 5. The maximum atomic E-state index is 15.4. The molecule has 1 amide bonds. The van der Waals surface area contributed by atoms with Crippen LogP contribution in [0.1, 0.15) is 35.6 Å². The van der Waals surface area contributed by atoms with Crippen molar-refractivity contribution in [1.29, 1.82) is 5.26 Å². The van der Waals surface area contributed by atoms with Gasteiger partial charge in [0.2, 0.25) is 5.88 Å². The van der Waals surface area contributed by atoms with Gasteiger partial charge in [-0.25, -0.2) is 19.3 Å². The molecule has 10 heteroatoms. The largest absolute Gasteiger partial charge is 0.481 e. The predicted octanol–water partition coefficient (Wildman–Crippen LogP) is 3.31. The van der Waals surface area contributed by atoms with Crippen LogP contribution < -0.4 is 20.3 Å². The van der Waals surface area contributed by atoms with E-state index >= 15 is 4.39 Å². The highest BCUT2D eigenvalue weighted by atomic mass is 19.1. The summed E-state index contributed by atoms with van der Waals surface area (Å²) in [5.41, 5.74) is 1.91. The number of anilines is 2. The fourth-order valence-electron chi connectivity index (χ4n) is 4.21. The second-order valence-electron chi connectivity index (χ2n) is 8.58. The van der Waals surface area contributed by atoms with Crippen molar-refractivity contribution < 1.29 is 13.9 Å². The number of methoxy groups -OCH3 is 1. The van der Waals surface area contributed by atoms with Gasteiger partial charge in [-0.3, -0.25) is 4.79 Å². The number of carbonyl (C=O) groups is 1. The van der Waals surface area contributed by atoms with Crippen LogP contribution in [-0.4, -0.2) is 53.1 Å². The SMILES string of the molecule is COc1cc(C#N)c(C(=O)Nc2cc(-c3cnc(C)nc3)c(F)cc2N2C[C@@H](C)N[C@@H](C)C2)cn1. The van der Waals surface area contributed by atoms with Gasteiger partial charge in [0.15, 0.2) is 0 Å². The van der Waals surface area contributed by atoms with Gasteiger partial charge in [0, 0.05) is 61.0 Å². The Morgan fingerprint density at radius 1 is 1.17 bits per heavy atom. The molecule has 0 saturated carbocycles. The lowest BCUT2D eigenvalue weighted by molar-refractivity contribution is 0.102. The Morgan fingerprint density at radius 2 is 1.86 bits per heavy atom. The lowest BCUT2D eigenvalue weighted by Gasteiger charge is -2.38. The van der Waals surface area contributed by atoms with Crippen LogP contribution in [0.4, 0.5) is 15.8 Å². The standard InChI is InChI=1S/C25H26FN7O2/c1-14-12-33(13-15(2)31-14)23-7-21(26)19(18-9-28-16(3)29-10-18)6-22(23)32-25(34)20-11-30-24(35-4)5-17(20)8-27/h5-7,9-11,14-15,31H,12-13H2,1-4H3,(H,32,34)/t14-,15+. The molecule has 9 nitrogen and oxygen atoms in total. The zero-order valence-electron chi connectivity index (χ0n) is 20.0. The monoisotopic (exact) mass is 475 g/mol. The topological polar surface area (TPSA) is 116 Å². The third kappa shape index (κ3) is 5.20. The van der Waals surface area contributed by atoms with Crippen LogP contribution in [0.5, 0.6) is 5.88 Å². The third-order valence-electron chi connectivity index (χ3n) is 5.78. The number of nitriles is 1. The van der Waals surface area contributed by atoms with Crippen LogP contribution in [0.25, 0.3) is 11.1 Å². The first-order valence-corrected chi connectivity index (χ1v) is 11.2. The molecule has 0 spiro atoms. The van der Waals surface area contributed by atoms with E-state index in [2.05, 4.69) is 39.4 Å². The van der Waals surface area contributed by atoms with Gasteiger partial charge in [-0.05, 0) is 32.9 Å². The molecule has 4 rings (SSSR count). The van der Waals surface area contributed by atoms with Crippen molar-refractivity contribution in [3.05, 3.63) is 59.6 Å².